The Morgan fingerprint density at radius 2 is 2.27 bits per heavy atom. The number of nitrogens with one attached hydrogen (secondary N) is 2. The van der Waals surface area contributed by atoms with Crippen LogP contribution in [0.25, 0.3) is 0 Å². The van der Waals surface area contributed by atoms with Gasteiger partial charge in [-0.05, 0) is 57.1 Å². The lowest BCUT2D eigenvalue weighted by Gasteiger charge is -2.38. The Bertz CT molecular complexity index is 444. The number of thiophene rings is 1. The Morgan fingerprint density at radius 1 is 1.41 bits per heavy atom. The first-order valence-electron chi connectivity index (χ1n) is 8.52. The van der Waals surface area contributed by atoms with E-state index in [1.54, 1.807) is 0 Å². The van der Waals surface area contributed by atoms with Crippen molar-refractivity contribution in [3.8, 4) is 0 Å². The summed E-state index contributed by atoms with van der Waals surface area (Å²) in [5.74, 6) is 1.57. The lowest BCUT2D eigenvalue weighted by atomic mass is 9.88. The fraction of sp³-hybridized carbons (Fsp3) is 0.706. The fourth-order valence-electron chi connectivity index (χ4n) is 3.15. The minimum absolute atomic E-state index is 0.520. The third kappa shape index (κ3) is 4.71. The lowest BCUT2D eigenvalue weighted by Crippen LogP contribution is -2.40. The predicted molar refractivity (Wildman–Crippen MR) is 96.7 cm³/mol. The molecule has 4 nitrogen and oxygen atoms in total. The number of guanidine groups is 1. The predicted octanol–water partition coefficient (Wildman–Crippen LogP) is 3.10. The maximum absolute atomic E-state index is 4.84. The summed E-state index contributed by atoms with van der Waals surface area (Å²) in [4.78, 5) is 8.82. The van der Waals surface area contributed by atoms with E-state index in [1.165, 1.54) is 24.3 Å². The van der Waals surface area contributed by atoms with Gasteiger partial charge in [-0.3, -0.25) is 9.89 Å². The number of likely N-dealkylation sites (tertiary alicyclic amines) is 1. The van der Waals surface area contributed by atoms with Crippen LogP contribution in [0.15, 0.2) is 22.5 Å². The van der Waals surface area contributed by atoms with Gasteiger partial charge in [0.2, 0.25) is 0 Å². The minimum Gasteiger partial charge on any atom is -0.357 e. The first-order chi connectivity index (χ1) is 10.8. The average molecular weight is 323 g/mol. The van der Waals surface area contributed by atoms with Crippen LogP contribution in [0.1, 0.15) is 44.0 Å². The Labute approximate surface area is 139 Å². The van der Waals surface area contributed by atoms with Crippen molar-refractivity contribution in [3.63, 3.8) is 0 Å². The molecule has 0 bridgehead atoms. The van der Waals surface area contributed by atoms with Crippen LogP contribution in [0.4, 0.5) is 0 Å². The maximum Gasteiger partial charge on any atom is 0.191 e. The van der Waals surface area contributed by atoms with Crippen LogP contribution in [0, 0.1) is 5.92 Å². The van der Waals surface area contributed by atoms with E-state index in [4.69, 9.17) is 4.99 Å². The lowest BCUT2D eigenvalue weighted by molar-refractivity contribution is 0.128. The molecule has 2 atom stereocenters. The summed E-state index contributed by atoms with van der Waals surface area (Å²) in [5.41, 5.74) is 0. The van der Waals surface area contributed by atoms with Crippen LogP contribution < -0.4 is 10.6 Å². The molecule has 0 aliphatic carbocycles. The highest BCUT2D eigenvalue weighted by atomic mass is 32.1. The van der Waals surface area contributed by atoms with Crippen molar-refractivity contribution >= 4 is 17.3 Å². The van der Waals surface area contributed by atoms with E-state index in [1.807, 2.05) is 11.3 Å². The van der Waals surface area contributed by atoms with Gasteiger partial charge in [0, 0.05) is 30.6 Å². The third-order valence-corrected chi connectivity index (χ3v) is 5.16. The largest absolute Gasteiger partial charge is 0.357 e. The molecule has 0 saturated carbocycles. The number of rotatable bonds is 6. The molecule has 0 spiro atoms. The Kier molecular flexibility index (Phi) is 7.19. The molecule has 2 N–H and O–H groups in total. The van der Waals surface area contributed by atoms with Crippen molar-refractivity contribution in [2.75, 3.05) is 33.2 Å². The molecule has 22 heavy (non-hydrogen) atoms. The van der Waals surface area contributed by atoms with Gasteiger partial charge in [-0.25, -0.2) is 0 Å². The molecule has 1 saturated heterocycles. The zero-order valence-electron chi connectivity index (χ0n) is 14.1. The summed E-state index contributed by atoms with van der Waals surface area (Å²) >= 11 is 1.87. The molecule has 1 aromatic heterocycles. The summed E-state index contributed by atoms with van der Waals surface area (Å²) in [6.07, 6.45) is 3.66. The van der Waals surface area contributed by atoms with Crippen LogP contribution in [0.2, 0.25) is 0 Å². The Balaban J connectivity index is 2.04. The molecule has 2 unspecified atom stereocenters. The van der Waals surface area contributed by atoms with Crippen molar-refractivity contribution in [1.29, 1.82) is 0 Å². The monoisotopic (exact) mass is 322 g/mol. The molecular weight excluding hydrogens is 292 g/mol. The van der Waals surface area contributed by atoms with Gasteiger partial charge in [-0.15, -0.1) is 11.3 Å². The fourth-order valence-corrected chi connectivity index (χ4v) is 4.14. The normalized spacial score (nSPS) is 23.5. The van der Waals surface area contributed by atoms with Crippen LogP contribution >= 0.6 is 11.3 Å². The summed E-state index contributed by atoms with van der Waals surface area (Å²) in [5, 5.41) is 8.93. The van der Waals surface area contributed by atoms with E-state index in [2.05, 4.69) is 53.9 Å². The van der Waals surface area contributed by atoms with Crippen LogP contribution in [0.3, 0.4) is 0 Å². The van der Waals surface area contributed by atoms with Crippen molar-refractivity contribution in [1.82, 2.24) is 15.5 Å². The highest BCUT2D eigenvalue weighted by molar-refractivity contribution is 7.10. The molecule has 0 radical (unpaired) electrons. The van der Waals surface area contributed by atoms with E-state index in [0.717, 1.165) is 32.0 Å². The second kappa shape index (κ2) is 9.16. The molecule has 1 aromatic rings. The molecule has 1 fully saturated rings. The molecule has 124 valence electrons. The van der Waals surface area contributed by atoms with E-state index >= 15 is 0 Å². The number of hydrogen-bond acceptors (Lipinski definition) is 3. The van der Waals surface area contributed by atoms with E-state index < -0.39 is 0 Å². The molecular formula is C17H30N4S. The average Bonchev–Trinajstić information content (AvgIpc) is 3.04. The van der Waals surface area contributed by atoms with Gasteiger partial charge in [0.25, 0.3) is 0 Å². The van der Waals surface area contributed by atoms with Crippen molar-refractivity contribution in [3.05, 3.63) is 22.4 Å². The number of aliphatic imine (C=N–C) groups is 1. The molecule has 0 aromatic carbocycles. The topological polar surface area (TPSA) is 39.7 Å². The Hall–Kier alpha value is -1.07. The molecule has 5 heteroatoms. The molecule has 0 amide bonds. The second-order valence-corrected chi connectivity index (χ2v) is 6.97. The van der Waals surface area contributed by atoms with Gasteiger partial charge in [0.05, 0.1) is 0 Å². The Morgan fingerprint density at radius 3 is 2.95 bits per heavy atom. The van der Waals surface area contributed by atoms with Crippen LogP contribution in [-0.4, -0.2) is 44.1 Å². The quantitative estimate of drug-likeness (QED) is 0.624. The highest BCUT2D eigenvalue weighted by Crippen LogP contribution is 2.37. The van der Waals surface area contributed by atoms with E-state index in [0.29, 0.717) is 12.0 Å². The molecule has 2 rings (SSSR count). The molecule has 1 aliphatic heterocycles. The summed E-state index contributed by atoms with van der Waals surface area (Å²) < 4.78 is 0. The minimum atomic E-state index is 0.520. The zero-order valence-corrected chi connectivity index (χ0v) is 15.0. The van der Waals surface area contributed by atoms with Crippen LogP contribution in [-0.2, 0) is 0 Å². The number of piperidine rings is 1. The first kappa shape index (κ1) is 17.3. The van der Waals surface area contributed by atoms with Gasteiger partial charge in [0.15, 0.2) is 5.96 Å². The van der Waals surface area contributed by atoms with Gasteiger partial charge in [0.1, 0.15) is 0 Å². The number of nitrogens with zero attached hydrogens (tertiary/aromatic N) is 2. The van der Waals surface area contributed by atoms with Crippen molar-refractivity contribution < 1.29 is 0 Å². The zero-order chi connectivity index (χ0) is 15.8. The van der Waals surface area contributed by atoms with Gasteiger partial charge in [-0.1, -0.05) is 13.0 Å². The third-order valence-electron chi connectivity index (χ3n) is 4.21. The SMILES string of the molecule is CCCNC(=NCC1CCCN(C)C1c1cccs1)NCC. The van der Waals surface area contributed by atoms with Gasteiger partial charge < -0.3 is 10.6 Å². The smallest absolute Gasteiger partial charge is 0.191 e. The first-order valence-corrected chi connectivity index (χ1v) is 9.40. The molecule has 2 heterocycles. The van der Waals surface area contributed by atoms with Gasteiger partial charge >= 0.3 is 0 Å². The van der Waals surface area contributed by atoms with E-state index in [9.17, 15) is 0 Å². The summed E-state index contributed by atoms with van der Waals surface area (Å²) in [7, 11) is 2.25. The maximum atomic E-state index is 4.84. The molecule has 1 aliphatic rings. The van der Waals surface area contributed by atoms with E-state index in [-0.39, 0.29) is 0 Å². The highest BCUT2D eigenvalue weighted by Gasteiger charge is 2.30. The van der Waals surface area contributed by atoms with Crippen molar-refractivity contribution in [2.24, 2.45) is 10.9 Å². The van der Waals surface area contributed by atoms with Crippen LogP contribution in [0.5, 0.6) is 0 Å². The standard InChI is InChI=1S/C17H30N4S/c1-4-10-19-17(18-5-2)20-13-14-8-6-11-21(3)16(14)15-9-7-12-22-15/h7,9,12,14,16H,4-6,8,10-11,13H2,1-3H3,(H2,18,19,20). The second-order valence-electron chi connectivity index (χ2n) is 5.99. The summed E-state index contributed by atoms with van der Waals surface area (Å²) in [6.45, 7) is 8.27. The van der Waals surface area contributed by atoms with Crippen molar-refractivity contribution in [2.45, 2.75) is 39.2 Å². The number of hydrogen-bond donors (Lipinski definition) is 2. The summed E-state index contributed by atoms with van der Waals surface area (Å²) in [6, 6.07) is 4.95. The van der Waals surface area contributed by atoms with Gasteiger partial charge in [-0.2, -0.15) is 0 Å².